The molecule has 1 aliphatic heterocycles. The Hall–Kier alpha value is -2.47. The molecule has 6 heteroatoms. The molecule has 0 radical (unpaired) electrons. The standard InChI is InChI=1S/C17H19NO5/c1-20-13-4-2-5-14(10-13)23-12-15-11-18(7-9-21-15)17(19)16-6-3-8-22-16/h2-6,8,10,15H,7,9,11-12H2,1H3/t15-/m1/s1. The van der Waals surface area contributed by atoms with E-state index in [4.69, 9.17) is 18.6 Å². The third-order valence-corrected chi connectivity index (χ3v) is 3.64. The quantitative estimate of drug-likeness (QED) is 0.846. The van der Waals surface area contributed by atoms with Gasteiger partial charge in [-0.15, -0.1) is 0 Å². The molecule has 2 aromatic rings. The fraction of sp³-hybridized carbons (Fsp3) is 0.353. The van der Waals surface area contributed by atoms with Crippen molar-refractivity contribution < 1.29 is 23.4 Å². The highest BCUT2D eigenvalue weighted by Gasteiger charge is 2.26. The smallest absolute Gasteiger partial charge is 0.289 e. The fourth-order valence-corrected chi connectivity index (χ4v) is 2.44. The summed E-state index contributed by atoms with van der Waals surface area (Å²) in [6.07, 6.45) is 1.32. The van der Waals surface area contributed by atoms with Crippen LogP contribution in [0.5, 0.6) is 11.5 Å². The lowest BCUT2D eigenvalue weighted by atomic mass is 10.2. The molecule has 23 heavy (non-hydrogen) atoms. The van der Waals surface area contributed by atoms with Crippen LogP contribution in [-0.2, 0) is 4.74 Å². The summed E-state index contributed by atoms with van der Waals surface area (Å²) in [6.45, 7) is 1.88. The minimum absolute atomic E-state index is 0.121. The van der Waals surface area contributed by atoms with Crippen molar-refractivity contribution in [1.29, 1.82) is 0 Å². The van der Waals surface area contributed by atoms with Crippen molar-refractivity contribution in [2.45, 2.75) is 6.10 Å². The first kappa shape index (κ1) is 15.4. The van der Waals surface area contributed by atoms with Gasteiger partial charge in [-0.05, 0) is 24.3 Å². The SMILES string of the molecule is COc1cccc(OC[C@H]2CN(C(=O)c3ccco3)CCO2)c1. The Labute approximate surface area is 134 Å². The molecule has 0 unspecified atom stereocenters. The lowest BCUT2D eigenvalue weighted by Gasteiger charge is -2.32. The van der Waals surface area contributed by atoms with Gasteiger partial charge in [0.2, 0.25) is 0 Å². The van der Waals surface area contributed by atoms with E-state index in [0.717, 1.165) is 5.75 Å². The Balaban J connectivity index is 1.55. The van der Waals surface area contributed by atoms with Gasteiger partial charge in [0.25, 0.3) is 5.91 Å². The van der Waals surface area contributed by atoms with E-state index in [9.17, 15) is 4.79 Å². The van der Waals surface area contributed by atoms with Crippen LogP contribution in [0.4, 0.5) is 0 Å². The van der Waals surface area contributed by atoms with Crippen LogP contribution in [0.25, 0.3) is 0 Å². The summed E-state index contributed by atoms with van der Waals surface area (Å²) in [5.74, 6) is 1.67. The Morgan fingerprint density at radius 2 is 2.17 bits per heavy atom. The average molecular weight is 317 g/mol. The van der Waals surface area contributed by atoms with Crippen molar-refractivity contribution in [1.82, 2.24) is 4.90 Å². The number of morpholine rings is 1. The van der Waals surface area contributed by atoms with E-state index in [-0.39, 0.29) is 12.0 Å². The summed E-state index contributed by atoms with van der Waals surface area (Å²) in [5, 5.41) is 0. The maximum atomic E-state index is 12.3. The highest BCUT2D eigenvalue weighted by molar-refractivity contribution is 5.91. The lowest BCUT2D eigenvalue weighted by Crippen LogP contribution is -2.47. The van der Waals surface area contributed by atoms with E-state index < -0.39 is 0 Å². The summed E-state index contributed by atoms with van der Waals surface area (Å²) in [5.41, 5.74) is 0. The van der Waals surface area contributed by atoms with Gasteiger partial charge >= 0.3 is 0 Å². The highest BCUT2D eigenvalue weighted by atomic mass is 16.5. The van der Waals surface area contributed by atoms with Gasteiger partial charge in [0.15, 0.2) is 5.76 Å². The first-order chi connectivity index (χ1) is 11.3. The van der Waals surface area contributed by atoms with Gasteiger partial charge in [0.1, 0.15) is 24.2 Å². The van der Waals surface area contributed by atoms with Crippen LogP contribution in [0.15, 0.2) is 47.1 Å². The van der Waals surface area contributed by atoms with Gasteiger partial charge in [-0.3, -0.25) is 4.79 Å². The molecule has 0 spiro atoms. The number of carbonyl (C=O) groups is 1. The first-order valence-electron chi connectivity index (χ1n) is 7.47. The van der Waals surface area contributed by atoms with Crippen molar-refractivity contribution in [2.75, 3.05) is 33.4 Å². The minimum Gasteiger partial charge on any atom is -0.497 e. The second kappa shape index (κ2) is 7.19. The zero-order chi connectivity index (χ0) is 16.1. The number of ether oxygens (including phenoxy) is 3. The summed E-state index contributed by atoms with van der Waals surface area (Å²) in [7, 11) is 1.61. The van der Waals surface area contributed by atoms with Crippen molar-refractivity contribution >= 4 is 5.91 Å². The highest BCUT2D eigenvalue weighted by Crippen LogP contribution is 2.20. The van der Waals surface area contributed by atoms with Gasteiger partial charge < -0.3 is 23.5 Å². The predicted molar refractivity (Wildman–Crippen MR) is 82.8 cm³/mol. The minimum atomic E-state index is -0.172. The first-order valence-corrected chi connectivity index (χ1v) is 7.47. The molecule has 1 amide bonds. The summed E-state index contributed by atoms with van der Waals surface area (Å²) in [4.78, 5) is 14.0. The van der Waals surface area contributed by atoms with Crippen molar-refractivity contribution in [2.24, 2.45) is 0 Å². The monoisotopic (exact) mass is 317 g/mol. The number of methoxy groups -OCH3 is 1. The van der Waals surface area contributed by atoms with Crippen LogP contribution in [0.2, 0.25) is 0 Å². The molecule has 1 aromatic carbocycles. The molecule has 1 saturated heterocycles. The number of hydrogen-bond acceptors (Lipinski definition) is 5. The zero-order valence-corrected chi connectivity index (χ0v) is 12.9. The molecule has 0 aliphatic carbocycles. The normalized spacial score (nSPS) is 17.8. The second-order valence-corrected chi connectivity index (χ2v) is 5.21. The molecule has 6 nitrogen and oxygen atoms in total. The van der Waals surface area contributed by atoms with Crippen molar-refractivity contribution in [3.05, 3.63) is 48.4 Å². The van der Waals surface area contributed by atoms with Gasteiger partial charge in [0, 0.05) is 12.6 Å². The Morgan fingerprint density at radius 1 is 1.30 bits per heavy atom. The van der Waals surface area contributed by atoms with Crippen LogP contribution in [0, 0.1) is 0 Å². The third-order valence-electron chi connectivity index (χ3n) is 3.64. The van der Waals surface area contributed by atoms with Crippen molar-refractivity contribution in [3.8, 4) is 11.5 Å². The molecule has 0 bridgehead atoms. The Kier molecular flexibility index (Phi) is 4.83. The molecule has 0 N–H and O–H groups in total. The lowest BCUT2D eigenvalue weighted by molar-refractivity contribution is -0.0408. The molecule has 1 aromatic heterocycles. The average Bonchev–Trinajstić information content (AvgIpc) is 3.14. The van der Waals surface area contributed by atoms with E-state index in [1.807, 2.05) is 24.3 Å². The van der Waals surface area contributed by atoms with Crippen LogP contribution < -0.4 is 9.47 Å². The number of benzene rings is 1. The van der Waals surface area contributed by atoms with Crippen LogP contribution in [0.3, 0.4) is 0 Å². The molecular formula is C17H19NO5. The molecule has 0 saturated carbocycles. The maximum Gasteiger partial charge on any atom is 0.289 e. The van der Waals surface area contributed by atoms with Gasteiger partial charge in [0.05, 0.1) is 26.5 Å². The third kappa shape index (κ3) is 3.84. The summed E-state index contributed by atoms with van der Waals surface area (Å²) >= 11 is 0. The molecular weight excluding hydrogens is 298 g/mol. The number of carbonyl (C=O) groups excluding carboxylic acids is 1. The van der Waals surface area contributed by atoms with E-state index >= 15 is 0 Å². The molecule has 1 atom stereocenters. The summed E-state index contributed by atoms with van der Waals surface area (Å²) < 4.78 is 21.7. The maximum absolute atomic E-state index is 12.3. The number of hydrogen-bond donors (Lipinski definition) is 0. The molecule has 122 valence electrons. The van der Waals surface area contributed by atoms with Crippen LogP contribution in [-0.4, -0.2) is 50.3 Å². The number of rotatable bonds is 5. The van der Waals surface area contributed by atoms with E-state index in [1.54, 1.807) is 24.1 Å². The summed E-state index contributed by atoms with van der Waals surface area (Å²) in [6, 6.07) is 10.8. The van der Waals surface area contributed by atoms with Crippen LogP contribution >= 0.6 is 0 Å². The van der Waals surface area contributed by atoms with E-state index in [0.29, 0.717) is 37.8 Å². The largest absolute Gasteiger partial charge is 0.497 e. The van der Waals surface area contributed by atoms with Crippen molar-refractivity contribution in [3.63, 3.8) is 0 Å². The van der Waals surface area contributed by atoms with Crippen LogP contribution in [0.1, 0.15) is 10.6 Å². The zero-order valence-electron chi connectivity index (χ0n) is 12.9. The number of furan rings is 1. The Bertz CT molecular complexity index is 640. The molecule has 1 aliphatic rings. The molecule has 2 heterocycles. The topological polar surface area (TPSA) is 61.1 Å². The van der Waals surface area contributed by atoms with Gasteiger partial charge in [-0.2, -0.15) is 0 Å². The van der Waals surface area contributed by atoms with Gasteiger partial charge in [-0.25, -0.2) is 0 Å². The molecule has 1 fully saturated rings. The van der Waals surface area contributed by atoms with E-state index in [2.05, 4.69) is 0 Å². The predicted octanol–water partition coefficient (Wildman–Crippen LogP) is 2.21. The number of amides is 1. The Morgan fingerprint density at radius 3 is 2.96 bits per heavy atom. The number of nitrogens with zero attached hydrogens (tertiary/aromatic N) is 1. The second-order valence-electron chi connectivity index (χ2n) is 5.21. The van der Waals surface area contributed by atoms with E-state index in [1.165, 1.54) is 6.26 Å². The fourth-order valence-electron chi connectivity index (χ4n) is 2.44. The molecule has 3 rings (SSSR count). The van der Waals surface area contributed by atoms with Gasteiger partial charge in [-0.1, -0.05) is 6.07 Å².